The quantitative estimate of drug-likeness (QED) is 0.549. The van der Waals surface area contributed by atoms with Crippen LogP contribution in [0.2, 0.25) is 0 Å². The van der Waals surface area contributed by atoms with E-state index in [1.54, 1.807) is 30.6 Å². The van der Waals surface area contributed by atoms with E-state index in [9.17, 15) is 9.18 Å². The molecule has 3 aromatic heterocycles. The number of halogens is 1. The fourth-order valence-electron chi connectivity index (χ4n) is 2.90. The number of aryl methyl sites for hydroxylation is 2. The van der Waals surface area contributed by atoms with Crippen molar-refractivity contribution < 1.29 is 9.18 Å². The third kappa shape index (κ3) is 3.21. The monoisotopic (exact) mass is 380 g/mol. The molecule has 0 saturated heterocycles. The highest BCUT2D eigenvalue weighted by atomic mass is 32.1. The number of pyridine rings is 1. The Kier molecular flexibility index (Phi) is 4.45. The smallest absolute Gasteiger partial charge is 0.275 e. The minimum absolute atomic E-state index is 0.303. The number of anilines is 1. The number of rotatable bonds is 4. The van der Waals surface area contributed by atoms with E-state index in [-0.39, 0.29) is 11.7 Å². The SMILES string of the molecule is CCn1cc(-c2nc(C(=O)Nc3ccc(C)c(F)c3)cs2)c2cccnc21. The summed E-state index contributed by atoms with van der Waals surface area (Å²) in [4.78, 5) is 21.4. The van der Waals surface area contributed by atoms with Crippen LogP contribution < -0.4 is 5.32 Å². The van der Waals surface area contributed by atoms with E-state index in [1.807, 2.05) is 18.3 Å². The Morgan fingerprint density at radius 1 is 1.33 bits per heavy atom. The molecule has 1 amide bonds. The Labute approximate surface area is 159 Å². The zero-order valence-corrected chi connectivity index (χ0v) is 15.7. The van der Waals surface area contributed by atoms with Crippen molar-refractivity contribution in [2.45, 2.75) is 20.4 Å². The lowest BCUT2D eigenvalue weighted by molar-refractivity contribution is 0.102. The third-order valence-corrected chi connectivity index (χ3v) is 5.25. The molecule has 0 saturated carbocycles. The molecule has 0 bridgehead atoms. The van der Waals surface area contributed by atoms with E-state index in [0.29, 0.717) is 16.9 Å². The summed E-state index contributed by atoms with van der Waals surface area (Å²) < 4.78 is 15.7. The molecule has 4 rings (SSSR count). The largest absolute Gasteiger partial charge is 0.332 e. The minimum atomic E-state index is -0.363. The van der Waals surface area contributed by atoms with Gasteiger partial charge in [-0.3, -0.25) is 4.79 Å². The molecule has 7 heteroatoms. The average molecular weight is 380 g/mol. The van der Waals surface area contributed by atoms with E-state index in [1.165, 1.54) is 17.4 Å². The number of hydrogen-bond donors (Lipinski definition) is 1. The van der Waals surface area contributed by atoms with E-state index in [4.69, 9.17) is 0 Å². The van der Waals surface area contributed by atoms with Gasteiger partial charge in [0.1, 0.15) is 22.2 Å². The van der Waals surface area contributed by atoms with Crippen LogP contribution >= 0.6 is 11.3 Å². The first-order valence-electron chi connectivity index (χ1n) is 8.54. The van der Waals surface area contributed by atoms with Crippen LogP contribution in [0.1, 0.15) is 23.0 Å². The second kappa shape index (κ2) is 6.92. The maximum absolute atomic E-state index is 13.7. The molecule has 5 nitrogen and oxygen atoms in total. The van der Waals surface area contributed by atoms with Crippen molar-refractivity contribution in [3.8, 4) is 10.6 Å². The van der Waals surface area contributed by atoms with Gasteiger partial charge in [-0.2, -0.15) is 0 Å². The number of aromatic nitrogens is 3. The van der Waals surface area contributed by atoms with E-state index in [2.05, 4.69) is 26.8 Å². The Balaban J connectivity index is 1.64. The van der Waals surface area contributed by atoms with Crippen LogP contribution in [0.15, 0.2) is 48.1 Å². The molecule has 136 valence electrons. The molecule has 1 N–H and O–H groups in total. The van der Waals surface area contributed by atoms with E-state index >= 15 is 0 Å². The predicted octanol–water partition coefficient (Wildman–Crippen LogP) is 4.88. The van der Waals surface area contributed by atoms with Gasteiger partial charge in [0.15, 0.2) is 0 Å². The summed E-state index contributed by atoms with van der Waals surface area (Å²) >= 11 is 1.40. The lowest BCUT2D eigenvalue weighted by atomic mass is 10.2. The lowest BCUT2D eigenvalue weighted by Crippen LogP contribution is -2.12. The first-order valence-corrected chi connectivity index (χ1v) is 9.42. The maximum Gasteiger partial charge on any atom is 0.275 e. The molecule has 0 fully saturated rings. The van der Waals surface area contributed by atoms with Gasteiger partial charge in [-0.1, -0.05) is 6.07 Å². The topological polar surface area (TPSA) is 59.8 Å². The summed E-state index contributed by atoms with van der Waals surface area (Å²) in [6, 6.07) is 8.49. The number of nitrogens with zero attached hydrogens (tertiary/aromatic N) is 3. The molecular weight excluding hydrogens is 363 g/mol. The molecule has 0 unspecified atom stereocenters. The molecule has 0 atom stereocenters. The number of carbonyl (C=O) groups excluding carboxylic acids is 1. The van der Waals surface area contributed by atoms with E-state index < -0.39 is 0 Å². The van der Waals surface area contributed by atoms with Crippen molar-refractivity contribution in [3.05, 3.63) is 65.2 Å². The normalized spacial score (nSPS) is 11.1. The van der Waals surface area contributed by atoms with Crippen molar-refractivity contribution in [1.82, 2.24) is 14.5 Å². The second-order valence-electron chi connectivity index (χ2n) is 6.16. The zero-order valence-electron chi connectivity index (χ0n) is 14.9. The number of nitrogens with one attached hydrogen (secondary N) is 1. The van der Waals surface area contributed by atoms with Crippen LogP contribution in [0.25, 0.3) is 21.6 Å². The van der Waals surface area contributed by atoms with Crippen LogP contribution in [0.4, 0.5) is 10.1 Å². The lowest BCUT2D eigenvalue weighted by Gasteiger charge is -2.04. The molecule has 0 spiro atoms. The summed E-state index contributed by atoms with van der Waals surface area (Å²) in [5, 5.41) is 6.15. The zero-order chi connectivity index (χ0) is 19.0. The van der Waals surface area contributed by atoms with Crippen LogP contribution in [0.3, 0.4) is 0 Å². The van der Waals surface area contributed by atoms with Gasteiger partial charge in [0, 0.05) is 41.0 Å². The highest BCUT2D eigenvalue weighted by molar-refractivity contribution is 7.13. The standard InChI is InChI=1S/C20H17FN4OS/c1-3-25-10-15(14-5-4-8-22-18(14)25)20-24-17(11-27-20)19(26)23-13-7-6-12(2)16(21)9-13/h4-11H,3H2,1-2H3,(H,23,26). The van der Waals surface area contributed by atoms with Gasteiger partial charge in [0.25, 0.3) is 5.91 Å². The number of carbonyl (C=O) groups is 1. The first-order chi connectivity index (χ1) is 13.1. The summed E-state index contributed by atoms with van der Waals surface area (Å²) in [6.07, 6.45) is 3.77. The van der Waals surface area contributed by atoms with Crippen molar-refractivity contribution in [1.29, 1.82) is 0 Å². The molecule has 0 aliphatic carbocycles. The van der Waals surface area contributed by atoms with E-state index in [0.717, 1.165) is 28.1 Å². The number of fused-ring (bicyclic) bond motifs is 1. The molecule has 1 aromatic carbocycles. The molecular formula is C20H17FN4OS. The van der Waals surface area contributed by atoms with Crippen molar-refractivity contribution >= 4 is 34.0 Å². The summed E-state index contributed by atoms with van der Waals surface area (Å²) in [5.74, 6) is -0.718. The third-order valence-electron chi connectivity index (χ3n) is 4.37. The van der Waals surface area contributed by atoms with Crippen molar-refractivity contribution in [3.63, 3.8) is 0 Å². The van der Waals surface area contributed by atoms with Crippen molar-refractivity contribution in [2.75, 3.05) is 5.32 Å². The molecule has 0 aliphatic rings. The highest BCUT2D eigenvalue weighted by Crippen LogP contribution is 2.32. The van der Waals surface area contributed by atoms with Crippen LogP contribution in [-0.4, -0.2) is 20.4 Å². The van der Waals surface area contributed by atoms with Gasteiger partial charge in [-0.05, 0) is 43.7 Å². The van der Waals surface area contributed by atoms with Gasteiger partial charge in [-0.15, -0.1) is 11.3 Å². The van der Waals surface area contributed by atoms with Crippen LogP contribution in [0.5, 0.6) is 0 Å². The fourth-order valence-corrected chi connectivity index (χ4v) is 3.73. The van der Waals surface area contributed by atoms with Crippen LogP contribution in [-0.2, 0) is 6.54 Å². The van der Waals surface area contributed by atoms with Crippen molar-refractivity contribution in [2.24, 2.45) is 0 Å². The number of amides is 1. The maximum atomic E-state index is 13.7. The Bertz CT molecular complexity index is 1150. The first kappa shape index (κ1) is 17.4. The minimum Gasteiger partial charge on any atom is -0.332 e. The second-order valence-corrected chi connectivity index (χ2v) is 7.02. The van der Waals surface area contributed by atoms with Gasteiger partial charge in [-0.25, -0.2) is 14.4 Å². The Morgan fingerprint density at radius 2 is 2.19 bits per heavy atom. The molecule has 4 aromatic rings. The molecule has 3 heterocycles. The van der Waals surface area contributed by atoms with Gasteiger partial charge >= 0.3 is 0 Å². The highest BCUT2D eigenvalue weighted by Gasteiger charge is 2.16. The summed E-state index contributed by atoms with van der Waals surface area (Å²) in [6.45, 7) is 4.53. The molecule has 0 radical (unpaired) electrons. The van der Waals surface area contributed by atoms with Gasteiger partial charge < -0.3 is 9.88 Å². The summed E-state index contributed by atoms with van der Waals surface area (Å²) in [7, 11) is 0. The molecule has 0 aliphatic heterocycles. The summed E-state index contributed by atoms with van der Waals surface area (Å²) in [5.41, 5.74) is 3.09. The fraction of sp³-hybridized carbons (Fsp3) is 0.150. The predicted molar refractivity (Wildman–Crippen MR) is 106 cm³/mol. The molecule has 27 heavy (non-hydrogen) atoms. The van der Waals surface area contributed by atoms with Crippen LogP contribution in [0, 0.1) is 12.7 Å². The van der Waals surface area contributed by atoms with Gasteiger partial charge in [0.05, 0.1) is 0 Å². The number of thiazole rings is 1. The Hall–Kier alpha value is -3.06. The van der Waals surface area contributed by atoms with Gasteiger partial charge in [0.2, 0.25) is 0 Å². The average Bonchev–Trinajstić information content (AvgIpc) is 3.29. The Morgan fingerprint density at radius 3 is 2.96 bits per heavy atom. The number of benzene rings is 1. The number of hydrogen-bond acceptors (Lipinski definition) is 4.